The van der Waals surface area contributed by atoms with Gasteiger partial charge in [-0.05, 0) is 12.1 Å². The van der Waals surface area contributed by atoms with Crippen LogP contribution in [0.4, 0.5) is 0 Å². The predicted molar refractivity (Wildman–Crippen MR) is 46.4 cm³/mol. The molecule has 2 aromatic heterocycles. The highest BCUT2D eigenvalue weighted by Crippen LogP contribution is 1.83. The minimum absolute atomic E-state index is 0.152. The molecule has 0 radical (unpaired) electrons. The van der Waals surface area contributed by atoms with Gasteiger partial charge < -0.3 is 0 Å². The Morgan fingerprint density at radius 3 is 2.69 bits per heavy atom. The maximum absolute atomic E-state index is 11.0. The Bertz CT molecular complexity index is 450. The minimum atomic E-state index is -0.152. The van der Waals surface area contributed by atoms with Gasteiger partial charge >= 0.3 is 11.5 Å². The molecule has 0 aliphatic carbocycles. The van der Waals surface area contributed by atoms with Gasteiger partial charge in [-0.2, -0.15) is 0 Å². The first-order valence-corrected chi connectivity index (χ1v) is 3.88. The van der Waals surface area contributed by atoms with Crippen molar-refractivity contribution in [1.82, 2.24) is 9.97 Å². The summed E-state index contributed by atoms with van der Waals surface area (Å²) in [6, 6.07) is 7.02. The average molecular weight is 174 g/mol. The fraction of sp³-hybridized carbons (Fsp3) is 0. The molecule has 0 amide bonds. The van der Waals surface area contributed by atoms with Crippen LogP contribution in [0.3, 0.4) is 0 Å². The molecular formula is C9H8N3O+. The maximum atomic E-state index is 11.0. The van der Waals surface area contributed by atoms with Crippen molar-refractivity contribution in [1.29, 1.82) is 0 Å². The van der Waals surface area contributed by atoms with E-state index in [0.29, 0.717) is 5.95 Å². The summed E-state index contributed by atoms with van der Waals surface area (Å²) in [5.74, 6) is 0.521. The van der Waals surface area contributed by atoms with Crippen LogP contribution < -0.4 is 10.1 Å². The second kappa shape index (κ2) is 3.18. The zero-order valence-corrected chi connectivity index (χ0v) is 6.84. The molecule has 64 valence electrons. The number of pyridine rings is 1. The number of nitrogens with one attached hydrogen (secondary N) is 1. The normalized spacial score (nSPS) is 9.85. The summed E-state index contributed by atoms with van der Waals surface area (Å²) in [4.78, 5) is 17.6. The number of hydrogen-bond acceptors (Lipinski definition) is 2. The van der Waals surface area contributed by atoms with E-state index in [1.54, 1.807) is 4.57 Å². The van der Waals surface area contributed by atoms with Gasteiger partial charge in [0.05, 0.1) is 18.5 Å². The first kappa shape index (κ1) is 7.67. The third-order valence-electron chi connectivity index (χ3n) is 1.62. The third-order valence-corrected chi connectivity index (χ3v) is 1.62. The van der Waals surface area contributed by atoms with E-state index in [2.05, 4.69) is 9.97 Å². The van der Waals surface area contributed by atoms with Gasteiger partial charge in [0.1, 0.15) is 6.20 Å². The Morgan fingerprint density at radius 2 is 2.00 bits per heavy atom. The van der Waals surface area contributed by atoms with E-state index in [1.807, 2.05) is 30.6 Å². The van der Waals surface area contributed by atoms with Crippen LogP contribution in [0.25, 0.3) is 5.95 Å². The molecule has 0 atom stereocenters. The monoisotopic (exact) mass is 174 g/mol. The third kappa shape index (κ3) is 1.61. The summed E-state index contributed by atoms with van der Waals surface area (Å²) in [6.07, 6.45) is 5.12. The highest BCUT2D eigenvalue weighted by molar-refractivity contribution is 4.96. The van der Waals surface area contributed by atoms with Crippen LogP contribution in [0.2, 0.25) is 0 Å². The van der Waals surface area contributed by atoms with Crippen LogP contribution in [0.5, 0.6) is 0 Å². The second-order valence-electron chi connectivity index (χ2n) is 2.54. The molecule has 0 aliphatic rings. The van der Waals surface area contributed by atoms with Crippen LogP contribution >= 0.6 is 0 Å². The molecule has 0 aliphatic heterocycles. The van der Waals surface area contributed by atoms with Crippen molar-refractivity contribution in [3.63, 3.8) is 0 Å². The Kier molecular flexibility index (Phi) is 1.88. The van der Waals surface area contributed by atoms with Gasteiger partial charge in [0.25, 0.3) is 0 Å². The molecule has 2 aromatic rings. The molecule has 1 N–H and O–H groups in total. The lowest BCUT2D eigenvalue weighted by Gasteiger charge is -1.92. The number of aromatic nitrogens is 3. The van der Waals surface area contributed by atoms with Gasteiger partial charge in [-0.3, -0.25) is 4.79 Å². The SMILES string of the molecule is O=c1ccnc(-[n+]2ccccc2)[nH]1. The Labute approximate surface area is 74.5 Å². The van der Waals surface area contributed by atoms with E-state index >= 15 is 0 Å². The van der Waals surface area contributed by atoms with Gasteiger partial charge in [-0.15, -0.1) is 0 Å². The van der Waals surface area contributed by atoms with Crippen LogP contribution in [-0.4, -0.2) is 9.97 Å². The second-order valence-corrected chi connectivity index (χ2v) is 2.54. The smallest absolute Gasteiger partial charge is 0.251 e. The first-order valence-electron chi connectivity index (χ1n) is 3.88. The van der Waals surface area contributed by atoms with E-state index in [4.69, 9.17) is 0 Å². The molecule has 2 rings (SSSR count). The largest absolute Gasteiger partial charge is 0.403 e. The fourth-order valence-corrected chi connectivity index (χ4v) is 1.03. The van der Waals surface area contributed by atoms with Gasteiger partial charge in [0, 0.05) is 0 Å². The van der Waals surface area contributed by atoms with Gasteiger partial charge in [-0.25, -0.2) is 9.55 Å². The van der Waals surface area contributed by atoms with Gasteiger partial charge in [0.2, 0.25) is 0 Å². The Balaban J connectivity index is 2.54. The summed E-state index contributed by atoms with van der Waals surface area (Å²) in [5, 5.41) is 0. The molecule has 4 heteroatoms. The molecule has 4 nitrogen and oxygen atoms in total. The number of H-pyrrole nitrogens is 1. The zero-order chi connectivity index (χ0) is 9.10. The lowest BCUT2D eigenvalue weighted by atomic mass is 10.5. The van der Waals surface area contributed by atoms with E-state index < -0.39 is 0 Å². The molecule has 13 heavy (non-hydrogen) atoms. The molecule has 0 saturated heterocycles. The van der Waals surface area contributed by atoms with Crippen molar-refractivity contribution in [2.24, 2.45) is 0 Å². The summed E-state index contributed by atoms with van der Waals surface area (Å²) in [6.45, 7) is 0. The molecule has 0 spiro atoms. The van der Waals surface area contributed by atoms with Crippen molar-refractivity contribution >= 4 is 0 Å². The Morgan fingerprint density at radius 1 is 1.23 bits per heavy atom. The van der Waals surface area contributed by atoms with Gasteiger partial charge in [0.15, 0.2) is 0 Å². The van der Waals surface area contributed by atoms with Crippen LogP contribution in [0.1, 0.15) is 0 Å². The number of rotatable bonds is 1. The summed E-state index contributed by atoms with van der Waals surface area (Å²) >= 11 is 0. The van der Waals surface area contributed by atoms with Gasteiger partial charge in [-0.1, -0.05) is 11.1 Å². The average Bonchev–Trinajstić information content (AvgIpc) is 2.19. The van der Waals surface area contributed by atoms with E-state index in [0.717, 1.165) is 0 Å². The fourth-order valence-electron chi connectivity index (χ4n) is 1.03. The van der Waals surface area contributed by atoms with Crippen molar-refractivity contribution in [2.75, 3.05) is 0 Å². The highest BCUT2D eigenvalue weighted by atomic mass is 16.1. The Hall–Kier alpha value is -1.97. The maximum Gasteiger partial charge on any atom is 0.403 e. The van der Waals surface area contributed by atoms with Crippen molar-refractivity contribution in [2.45, 2.75) is 0 Å². The molecule has 0 fully saturated rings. The molecule has 0 unspecified atom stereocenters. The lowest BCUT2D eigenvalue weighted by molar-refractivity contribution is -0.603. The summed E-state index contributed by atoms with van der Waals surface area (Å²) < 4.78 is 1.74. The van der Waals surface area contributed by atoms with E-state index in [9.17, 15) is 4.79 Å². The van der Waals surface area contributed by atoms with E-state index in [-0.39, 0.29) is 5.56 Å². The minimum Gasteiger partial charge on any atom is -0.251 e. The standard InChI is InChI=1S/C9H7N3O/c13-8-4-5-10-9(11-8)12-6-2-1-3-7-12/h1-7H/p+1. The van der Waals surface area contributed by atoms with Crippen LogP contribution in [0.15, 0.2) is 47.7 Å². The van der Waals surface area contributed by atoms with Crippen molar-refractivity contribution in [3.8, 4) is 5.95 Å². The first-order chi connectivity index (χ1) is 6.36. The quantitative estimate of drug-likeness (QED) is 0.621. The molecular weight excluding hydrogens is 166 g/mol. The zero-order valence-electron chi connectivity index (χ0n) is 6.84. The lowest BCUT2D eigenvalue weighted by Crippen LogP contribution is -2.33. The molecule has 2 heterocycles. The highest BCUT2D eigenvalue weighted by Gasteiger charge is 2.04. The molecule has 0 bridgehead atoms. The molecule has 0 aromatic carbocycles. The van der Waals surface area contributed by atoms with Crippen LogP contribution in [0, 0.1) is 0 Å². The topological polar surface area (TPSA) is 49.6 Å². The summed E-state index contributed by atoms with van der Waals surface area (Å²) in [5.41, 5.74) is -0.152. The van der Waals surface area contributed by atoms with Crippen molar-refractivity contribution < 1.29 is 4.57 Å². The predicted octanol–water partition coefficient (Wildman–Crippen LogP) is 0.0466. The number of aromatic amines is 1. The van der Waals surface area contributed by atoms with E-state index in [1.165, 1.54) is 12.3 Å². The molecule has 0 saturated carbocycles. The van der Waals surface area contributed by atoms with Crippen molar-refractivity contribution in [3.05, 3.63) is 53.2 Å². The number of nitrogens with zero attached hydrogens (tertiary/aromatic N) is 2. The van der Waals surface area contributed by atoms with Crippen LogP contribution in [-0.2, 0) is 0 Å². The number of hydrogen-bond donors (Lipinski definition) is 1. The summed E-state index contributed by atoms with van der Waals surface area (Å²) in [7, 11) is 0.